The van der Waals surface area contributed by atoms with Crippen LogP contribution in [0.4, 0.5) is 10.1 Å². The molecule has 5 heteroatoms. The van der Waals surface area contributed by atoms with Crippen LogP contribution in [0.1, 0.15) is 30.9 Å². The lowest BCUT2D eigenvalue weighted by molar-refractivity contribution is -0.125. The molecular weight excluding hydrogens is 357 g/mol. The van der Waals surface area contributed by atoms with Crippen molar-refractivity contribution < 1.29 is 18.7 Å². The highest BCUT2D eigenvalue weighted by molar-refractivity contribution is 6.08. The third-order valence-corrected chi connectivity index (χ3v) is 6.74. The molecule has 1 aliphatic carbocycles. The minimum absolute atomic E-state index is 0.145. The zero-order valence-electron chi connectivity index (χ0n) is 15.6. The number of ether oxygens (including phenoxy) is 1. The molecule has 0 radical (unpaired) electrons. The van der Waals surface area contributed by atoms with Gasteiger partial charge in [-0.25, -0.2) is 4.39 Å². The Morgan fingerprint density at radius 3 is 2.75 bits per heavy atom. The molecule has 4 nitrogen and oxygen atoms in total. The van der Waals surface area contributed by atoms with Crippen molar-refractivity contribution in [2.24, 2.45) is 11.8 Å². The Balaban J connectivity index is 1.87. The average Bonchev–Trinajstić information content (AvgIpc) is 2.97. The topological polar surface area (TPSA) is 55.4 Å². The van der Waals surface area contributed by atoms with Gasteiger partial charge in [0.1, 0.15) is 24.0 Å². The zero-order chi connectivity index (χ0) is 19.6. The van der Waals surface area contributed by atoms with Crippen LogP contribution in [0.5, 0.6) is 5.75 Å². The molecule has 0 aromatic heterocycles. The van der Waals surface area contributed by atoms with Crippen molar-refractivity contribution in [3.63, 3.8) is 0 Å². The van der Waals surface area contributed by atoms with Crippen LogP contribution >= 0.6 is 0 Å². The Morgan fingerprint density at radius 1 is 1.18 bits per heavy atom. The summed E-state index contributed by atoms with van der Waals surface area (Å²) in [6.07, 6.45) is 2.51. The molecule has 0 bridgehead atoms. The average molecular weight is 377 g/mol. The lowest BCUT2D eigenvalue weighted by Gasteiger charge is -2.51. The number of hydrogen-bond acceptors (Lipinski definition) is 3. The van der Waals surface area contributed by atoms with Gasteiger partial charge in [0.2, 0.25) is 5.91 Å². The number of aldehydes is 1. The van der Waals surface area contributed by atoms with Crippen molar-refractivity contribution in [3.05, 3.63) is 71.1 Å². The molecule has 2 aromatic rings. The number of hydrogen-bond donors (Lipinski definition) is 1. The summed E-state index contributed by atoms with van der Waals surface area (Å²) in [7, 11) is 0. The van der Waals surface area contributed by atoms with Crippen LogP contribution in [-0.4, -0.2) is 18.3 Å². The quantitative estimate of drug-likeness (QED) is 0.765. The summed E-state index contributed by atoms with van der Waals surface area (Å²) in [4.78, 5) is 25.5. The minimum Gasteiger partial charge on any atom is -0.490 e. The van der Waals surface area contributed by atoms with E-state index in [0.717, 1.165) is 17.5 Å². The maximum absolute atomic E-state index is 14.2. The van der Waals surface area contributed by atoms with Crippen molar-refractivity contribution in [1.82, 2.24) is 0 Å². The molecule has 1 spiro atoms. The summed E-state index contributed by atoms with van der Waals surface area (Å²) in [6.45, 7) is 3.85. The molecule has 0 unspecified atom stereocenters. The second kappa shape index (κ2) is 5.77. The van der Waals surface area contributed by atoms with Crippen LogP contribution < -0.4 is 10.1 Å². The van der Waals surface area contributed by atoms with Gasteiger partial charge in [-0.05, 0) is 42.3 Å². The molecular formula is C23H20FNO3. The van der Waals surface area contributed by atoms with E-state index in [1.807, 2.05) is 44.2 Å². The Hall–Kier alpha value is -2.95. The zero-order valence-corrected chi connectivity index (χ0v) is 15.6. The van der Waals surface area contributed by atoms with Crippen LogP contribution in [0, 0.1) is 17.7 Å². The molecule has 0 fully saturated rings. The van der Waals surface area contributed by atoms with E-state index in [-0.39, 0.29) is 35.6 Å². The highest BCUT2D eigenvalue weighted by Gasteiger charge is 2.62. The first-order valence-corrected chi connectivity index (χ1v) is 9.52. The van der Waals surface area contributed by atoms with Gasteiger partial charge in [-0.1, -0.05) is 31.2 Å². The predicted molar refractivity (Wildman–Crippen MR) is 103 cm³/mol. The molecule has 1 amide bonds. The minimum atomic E-state index is -0.993. The monoisotopic (exact) mass is 377 g/mol. The number of halogens is 1. The summed E-state index contributed by atoms with van der Waals surface area (Å²) < 4.78 is 20.3. The third-order valence-electron chi connectivity index (χ3n) is 6.74. The van der Waals surface area contributed by atoms with Gasteiger partial charge in [-0.3, -0.25) is 9.59 Å². The summed E-state index contributed by atoms with van der Waals surface area (Å²) >= 11 is 0. The molecule has 142 valence electrons. The molecule has 5 atom stereocenters. The van der Waals surface area contributed by atoms with E-state index in [1.165, 1.54) is 12.1 Å². The normalized spacial score (nSPS) is 32.5. The van der Waals surface area contributed by atoms with E-state index >= 15 is 0 Å². The van der Waals surface area contributed by atoms with Crippen molar-refractivity contribution in [3.8, 4) is 5.75 Å². The van der Waals surface area contributed by atoms with Crippen molar-refractivity contribution in [2.45, 2.75) is 31.3 Å². The number of amides is 1. The van der Waals surface area contributed by atoms with Crippen molar-refractivity contribution in [1.29, 1.82) is 0 Å². The predicted octanol–water partition coefficient (Wildman–Crippen LogP) is 3.97. The molecule has 5 rings (SSSR count). The van der Waals surface area contributed by atoms with Gasteiger partial charge in [0.25, 0.3) is 0 Å². The first-order chi connectivity index (χ1) is 13.5. The van der Waals surface area contributed by atoms with E-state index < -0.39 is 5.41 Å². The Morgan fingerprint density at radius 2 is 1.96 bits per heavy atom. The van der Waals surface area contributed by atoms with Crippen LogP contribution in [-0.2, 0) is 15.0 Å². The molecule has 3 aliphatic rings. The molecule has 2 aliphatic heterocycles. The number of nitrogens with one attached hydrogen (secondary N) is 1. The van der Waals surface area contributed by atoms with E-state index in [1.54, 1.807) is 6.07 Å². The van der Waals surface area contributed by atoms with E-state index in [9.17, 15) is 14.0 Å². The van der Waals surface area contributed by atoms with E-state index in [4.69, 9.17) is 4.74 Å². The molecule has 2 heterocycles. The van der Waals surface area contributed by atoms with Crippen LogP contribution in [0.2, 0.25) is 0 Å². The number of fused-ring (bicyclic) bond motifs is 6. The second-order valence-corrected chi connectivity index (χ2v) is 7.94. The summed E-state index contributed by atoms with van der Waals surface area (Å²) in [6, 6.07) is 12.1. The highest BCUT2D eigenvalue weighted by atomic mass is 19.1. The number of rotatable bonds is 1. The lowest BCUT2D eigenvalue weighted by Crippen LogP contribution is -2.55. The van der Waals surface area contributed by atoms with Crippen LogP contribution in [0.3, 0.4) is 0 Å². The molecule has 2 aromatic carbocycles. The maximum atomic E-state index is 14.2. The molecule has 28 heavy (non-hydrogen) atoms. The van der Waals surface area contributed by atoms with Crippen molar-refractivity contribution >= 4 is 17.9 Å². The number of allylic oxidation sites excluding steroid dienone is 1. The first-order valence-electron chi connectivity index (χ1n) is 9.52. The van der Waals surface area contributed by atoms with E-state index in [2.05, 4.69) is 5.32 Å². The largest absolute Gasteiger partial charge is 0.490 e. The fraction of sp³-hybridized carbons (Fsp3) is 0.304. The molecule has 1 N–H and O–H groups in total. The maximum Gasteiger partial charge on any atom is 0.236 e. The SMILES string of the molecule is C[C@@H]1C(C=O)=C[C@H]2[C@@H](c3cc(F)ccc3O[C@@H]2C)[C@@]12C(=O)Nc1ccccc12. The second-order valence-electron chi connectivity index (χ2n) is 7.94. The van der Waals surface area contributed by atoms with Gasteiger partial charge in [-0.2, -0.15) is 0 Å². The summed E-state index contributed by atoms with van der Waals surface area (Å²) in [5.74, 6) is -0.812. The lowest BCUT2D eigenvalue weighted by atomic mass is 9.52. The summed E-state index contributed by atoms with van der Waals surface area (Å²) in [5.41, 5.74) is 1.89. The van der Waals surface area contributed by atoms with Gasteiger partial charge in [0.15, 0.2) is 0 Å². The third kappa shape index (κ3) is 1.99. The molecule has 0 saturated heterocycles. The number of anilines is 1. The van der Waals surface area contributed by atoms with Crippen LogP contribution in [0.15, 0.2) is 54.1 Å². The fourth-order valence-electron chi connectivity index (χ4n) is 5.49. The Kier molecular flexibility index (Phi) is 3.54. The van der Waals surface area contributed by atoms with Crippen molar-refractivity contribution in [2.75, 3.05) is 5.32 Å². The highest BCUT2D eigenvalue weighted by Crippen LogP contribution is 2.61. The molecule has 0 saturated carbocycles. The number of para-hydroxylation sites is 1. The van der Waals surface area contributed by atoms with Gasteiger partial charge >= 0.3 is 0 Å². The summed E-state index contributed by atoms with van der Waals surface area (Å²) in [5, 5.41) is 3.01. The number of carbonyl (C=O) groups is 2. The number of carbonyl (C=O) groups excluding carboxylic acids is 2. The van der Waals surface area contributed by atoms with Gasteiger partial charge in [0, 0.05) is 29.0 Å². The van der Waals surface area contributed by atoms with Crippen LogP contribution in [0.25, 0.3) is 0 Å². The van der Waals surface area contributed by atoms with Gasteiger partial charge < -0.3 is 10.1 Å². The smallest absolute Gasteiger partial charge is 0.236 e. The first kappa shape index (κ1) is 17.2. The Labute approximate surface area is 162 Å². The Bertz CT molecular complexity index is 1050. The van der Waals surface area contributed by atoms with Gasteiger partial charge in [0.05, 0.1) is 5.41 Å². The fourth-order valence-corrected chi connectivity index (χ4v) is 5.49. The number of benzene rings is 2. The van der Waals surface area contributed by atoms with E-state index in [0.29, 0.717) is 16.9 Å². The standard InChI is InChI=1S/C23H20FNO3/c1-12-14(11-26)9-16-13(2)28-20-8-7-15(24)10-17(20)21(16)23(12)18-5-3-4-6-19(18)25-22(23)27/h3-13,16,21H,1-2H3,(H,25,27)/t12-,13-,16-,21+,23-/m1/s1. The van der Waals surface area contributed by atoms with Gasteiger partial charge in [-0.15, -0.1) is 0 Å².